The van der Waals surface area contributed by atoms with Crippen LogP contribution in [0.2, 0.25) is 0 Å². The highest BCUT2D eigenvalue weighted by molar-refractivity contribution is 14.1. The van der Waals surface area contributed by atoms with Crippen LogP contribution in [0.5, 0.6) is 11.5 Å². The van der Waals surface area contributed by atoms with Gasteiger partial charge in [-0.25, -0.2) is 4.99 Å². The number of thioether (sulfide) groups is 1. The lowest BCUT2D eigenvalue weighted by atomic mass is 10.2. The number of ether oxygens (including phenoxy) is 2. The maximum Gasteiger partial charge on any atom is 0.264 e. The Bertz CT molecular complexity index is 1040. The molecule has 154 valence electrons. The van der Waals surface area contributed by atoms with E-state index < -0.39 is 0 Å². The molecule has 0 bridgehead atoms. The van der Waals surface area contributed by atoms with E-state index in [4.69, 9.17) is 14.7 Å². The molecule has 0 aromatic heterocycles. The summed E-state index contributed by atoms with van der Waals surface area (Å²) in [6.07, 6.45) is 2.76. The molecule has 2 aromatic rings. The highest BCUT2D eigenvalue weighted by Gasteiger charge is 2.24. The van der Waals surface area contributed by atoms with Crippen molar-refractivity contribution in [3.8, 4) is 17.6 Å². The highest BCUT2D eigenvalue weighted by Crippen LogP contribution is 2.36. The lowest BCUT2D eigenvalue weighted by Gasteiger charge is -2.13. The first-order valence-electron chi connectivity index (χ1n) is 9.38. The number of benzene rings is 2. The van der Waals surface area contributed by atoms with Crippen LogP contribution >= 0.6 is 34.4 Å². The molecule has 0 saturated carbocycles. The van der Waals surface area contributed by atoms with E-state index in [1.807, 2.05) is 43.3 Å². The van der Waals surface area contributed by atoms with E-state index in [0.717, 1.165) is 21.2 Å². The van der Waals surface area contributed by atoms with Crippen LogP contribution in [0.4, 0.5) is 5.69 Å². The molecule has 0 atom stereocenters. The number of amides is 1. The van der Waals surface area contributed by atoms with Gasteiger partial charge in [0.25, 0.3) is 5.91 Å². The quantitative estimate of drug-likeness (QED) is 0.398. The van der Waals surface area contributed by atoms with Crippen molar-refractivity contribution in [2.75, 3.05) is 13.2 Å². The number of hydrogen-bond donors (Lipinski definition) is 1. The summed E-state index contributed by atoms with van der Waals surface area (Å²) in [5, 5.41) is 12.1. The number of aryl methyl sites for hydroxylation is 1. The number of carbonyl (C=O) groups is 1. The van der Waals surface area contributed by atoms with Crippen molar-refractivity contribution in [1.82, 2.24) is 5.32 Å². The van der Waals surface area contributed by atoms with Gasteiger partial charge in [-0.15, -0.1) is 0 Å². The molecule has 0 radical (unpaired) electrons. The van der Waals surface area contributed by atoms with E-state index in [1.165, 1.54) is 17.3 Å². The van der Waals surface area contributed by atoms with Gasteiger partial charge in [-0.05, 0) is 89.2 Å². The number of nitrogens with one attached hydrogen (secondary N) is 1. The number of aliphatic imine (C=N–C) groups is 1. The summed E-state index contributed by atoms with van der Waals surface area (Å²) in [6, 6.07) is 13.6. The second-order valence-corrected chi connectivity index (χ2v) is 8.40. The zero-order valence-electron chi connectivity index (χ0n) is 16.6. The molecule has 1 heterocycles. The van der Waals surface area contributed by atoms with Crippen molar-refractivity contribution >= 4 is 57.2 Å². The van der Waals surface area contributed by atoms with Crippen molar-refractivity contribution in [3.05, 3.63) is 56.0 Å². The average Bonchev–Trinajstić information content (AvgIpc) is 3.07. The maximum absolute atomic E-state index is 12.4. The number of nitrogens with zero attached hydrogens (tertiary/aromatic N) is 2. The topological polar surface area (TPSA) is 83.7 Å². The lowest BCUT2D eigenvalue weighted by Crippen LogP contribution is -2.19. The van der Waals surface area contributed by atoms with Crippen LogP contribution in [0.1, 0.15) is 25.0 Å². The van der Waals surface area contributed by atoms with Crippen LogP contribution in [0.25, 0.3) is 6.08 Å². The van der Waals surface area contributed by atoms with Crippen molar-refractivity contribution in [1.29, 1.82) is 5.26 Å². The predicted octanol–water partition coefficient (Wildman–Crippen LogP) is 5.05. The SMILES string of the molecule is CCOc1cc(/C=C2\SC(=Nc3ccc(CC)cc3)NC2=O)cc(I)c1OCC#N. The van der Waals surface area contributed by atoms with E-state index in [2.05, 4.69) is 39.8 Å². The number of halogens is 1. The standard InChI is InChI=1S/C22H20IN3O3S/c1-3-14-5-7-16(8-6-14)25-22-26-21(27)19(30-22)13-15-11-17(23)20(29-10-9-24)18(12-15)28-4-2/h5-8,11-13H,3-4,10H2,1-2H3,(H,25,26,27)/b19-13-. The third-order valence-corrected chi connectivity index (χ3v) is 5.85. The fourth-order valence-electron chi connectivity index (χ4n) is 2.73. The molecule has 1 aliphatic rings. The Morgan fingerprint density at radius 2 is 2.00 bits per heavy atom. The molecule has 1 saturated heterocycles. The Balaban J connectivity index is 1.84. The number of amidine groups is 1. The van der Waals surface area contributed by atoms with Crippen molar-refractivity contribution in [2.45, 2.75) is 20.3 Å². The van der Waals surface area contributed by atoms with Gasteiger partial charge in [0.1, 0.15) is 6.07 Å². The summed E-state index contributed by atoms with van der Waals surface area (Å²) in [6.45, 7) is 4.38. The Kier molecular flexibility index (Phi) is 7.76. The summed E-state index contributed by atoms with van der Waals surface area (Å²) in [5.41, 5.74) is 2.84. The van der Waals surface area contributed by atoms with Crippen molar-refractivity contribution in [3.63, 3.8) is 0 Å². The molecule has 3 rings (SSSR count). The monoisotopic (exact) mass is 533 g/mol. The van der Waals surface area contributed by atoms with E-state index in [9.17, 15) is 4.79 Å². The first-order chi connectivity index (χ1) is 14.5. The van der Waals surface area contributed by atoms with Gasteiger partial charge in [-0.2, -0.15) is 5.26 Å². The molecule has 8 heteroatoms. The Hall–Kier alpha value is -2.51. The van der Waals surface area contributed by atoms with E-state index >= 15 is 0 Å². The zero-order chi connectivity index (χ0) is 21.5. The molecule has 2 aromatic carbocycles. The zero-order valence-corrected chi connectivity index (χ0v) is 19.5. The Labute approximate surface area is 193 Å². The van der Waals surface area contributed by atoms with Crippen LogP contribution in [0.15, 0.2) is 46.3 Å². The highest BCUT2D eigenvalue weighted by atomic mass is 127. The molecule has 1 fully saturated rings. The fraction of sp³-hybridized carbons (Fsp3) is 0.227. The molecule has 1 N–H and O–H groups in total. The molecule has 0 unspecified atom stereocenters. The molecular weight excluding hydrogens is 513 g/mol. The van der Waals surface area contributed by atoms with Gasteiger partial charge in [-0.1, -0.05) is 19.1 Å². The number of hydrogen-bond acceptors (Lipinski definition) is 6. The van der Waals surface area contributed by atoms with Gasteiger partial charge in [0, 0.05) is 0 Å². The summed E-state index contributed by atoms with van der Waals surface area (Å²) >= 11 is 3.43. The first kappa shape index (κ1) is 22.2. The molecule has 6 nitrogen and oxygen atoms in total. The summed E-state index contributed by atoms with van der Waals surface area (Å²) in [4.78, 5) is 17.5. The van der Waals surface area contributed by atoms with Gasteiger partial charge in [0.05, 0.1) is 20.8 Å². The minimum atomic E-state index is -0.193. The first-order valence-corrected chi connectivity index (χ1v) is 11.3. The van der Waals surface area contributed by atoms with E-state index in [0.29, 0.717) is 28.2 Å². The maximum atomic E-state index is 12.4. The lowest BCUT2D eigenvalue weighted by molar-refractivity contribution is -0.115. The predicted molar refractivity (Wildman–Crippen MR) is 128 cm³/mol. The molecule has 0 spiro atoms. The summed E-state index contributed by atoms with van der Waals surface area (Å²) in [7, 11) is 0. The molecular formula is C22H20IN3O3S. The molecule has 30 heavy (non-hydrogen) atoms. The molecule has 1 aliphatic heterocycles. The van der Waals surface area contributed by atoms with Crippen LogP contribution < -0.4 is 14.8 Å². The van der Waals surface area contributed by atoms with Gasteiger partial charge in [0.15, 0.2) is 23.3 Å². The Morgan fingerprint density at radius 3 is 2.67 bits per heavy atom. The van der Waals surface area contributed by atoms with Crippen LogP contribution in [-0.4, -0.2) is 24.3 Å². The van der Waals surface area contributed by atoms with E-state index in [1.54, 1.807) is 12.1 Å². The Morgan fingerprint density at radius 1 is 1.23 bits per heavy atom. The van der Waals surface area contributed by atoms with Gasteiger partial charge in [-0.3, -0.25) is 4.79 Å². The van der Waals surface area contributed by atoms with Crippen LogP contribution in [0.3, 0.4) is 0 Å². The normalized spacial score (nSPS) is 15.9. The average molecular weight is 533 g/mol. The minimum Gasteiger partial charge on any atom is -0.490 e. The molecule has 0 aliphatic carbocycles. The largest absolute Gasteiger partial charge is 0.490 e. The van der Waals surface area contributed by atoms with Crippen LogP contribution in [0, 0.1) is 14.9 Å². The summed E-state index contributed by atoms with van der Waals surface area (Å²) < 4.78 is 12.0. The number of rotatable bonds is 7. The van der Waals surface area contributed by atoms with Crippen molar-refractivity contribution < 1.29 is 14.3 Å². The number of nitriles is 1. The van der Waals surface area contributed by atoms with Crippen molar-refractivity contribution in [2.24, 2.45) is 4.99 Å². The van der Waals surface area contributed by atoms with Gasteiger partial charge >= 0.3 is 0 Å². The second-order valence-electron chi connectivity index (χ2n) is 6.21. The minimum absolute atomic E-state index is 0.0617. The van der Waals surface area contributed by atoms with Gasteiger partial charge < -0.3 is 14.8 Å². The van der Waals surface area contributed by atoms with Crippen LogP contribution in [-0.2, 0) is 11.2 Å². The van der Waals surface area contributed by atoms with Gasteiger partial charge in [0.2, 0.25) is 0 Å². The summed E-state index contributed by atoms with van der Waals surface area (Å²) in [5.74, 6) is 0.879. The third-order valence-electron chi connectivity index (χ3n) is 4.14. The third kappa shape index (κ3) is 5.55. The van der Waals surface area contributed by atoms with E-state index in [-0.39, 0.29) is 12.5 Å². The second kappa shape index (κ2) is 10.5. The fourth-order valence-corrected chi connectivity index (χ4v) is 4.36. The molecule has 1 amide bonds. The smallest absolute Gasteiger partial charge is 0.264 e. The number of carbonyl (C=O) groups excluding carboxylic acids is 1.